The summed E-state index contributed by atoms with van der Waals surface area (Å²) in [5.74, 6) is 1.45. The zero-order valence-corrected chi connectivity index (χ0v) is 11.8. The molecule has 0 aliphatic heterocycles. The Balaban J connectivity index is 2.23. The van der Waals surface area contributed by atoms with Gasteiger partial charge in [0.2, 0.25) is 5.91 Å². The van der Waals surface area contributed by atoms with Crippen LogP contribution in [0.5, 0.6) is 0 Å². The summed E-state index contributed by atoms with van der Waals surface area (Å²) in [6.07, 6.45) is 0.966. The number of thioether (sulfide) groups is 1. The zero-order valence-electron chi connectivity index (χ0n) is 10.2. The Labute approximate surface area is 112 Å². The van der Waals surface area contributed by atoms with Crippen molar-refractivity contribution in [3.05, 3.63) is 34.9 Å². The van der Waals surface area contributed by atoms with Gasteiger partial charge in [0, 0.05) is 16.8 Å². The number of benzene rings is 1. The minimum atomic E-state index is 0.110. The van der Waals surface area contributed by atoms with Crippen LogP contribution in [-0.4, -0.2) is 17.7 Å². The van der Waals surface area contributed by atoms with Crippen LogP contribution in [0.4, 0.5) is 0 Å². The van der Waals surface area contributed by atoms with E-state index in [1.165, 1.54) is 5.56 Å². The van der Waals surface area contributed by atoms with Crippen LogP contribution in [0.3, 0.4) is 0 Å². The standard InChI is InChI=1S/C13H18ClNOS/c1-3-10(2)15-13(16)9-17-8-11-4-6-12(14)7-5-11/h4-7,10H,3,8-9H2,1-2H3,(H,15,16)/t10-/m0/s1. The molecule has 0 saturated carbocycles. The van der Waals surface area contributed by atoms with Crippen LogP contribution < -0.4 is 5.32 Å². The molecule has 94 valence electrons. The summed E-state index contributed by atoms with van der Waals surface area (Å²) in [6, 6.07) is 7.98. The Hall–Kier alpha value is -0.670. The fourth-order valence-electron chi connectivity index (χ4n) is 1.26. The van der Waals surface area contributed by atoms with Crippen molar-refractivity contribution in [2.45, 2.75) is 32.1 Å². The van der Waals surface area contributed by atoms with Crippen LogP contribution in [0.2, 0.25) is 5.02 Å². The van der Waals surface area contributed by atoms with Gasteiger partial charge in [0.1, 0.15) is 0 Å². The van der Waals surface area contributed by atoms with Crippen molar-refractivity contribution in [1.29, 1.82) is 0 Å². The van der Waals surface area contributed by atoms with E-state index in [4.69, 9.17) is 11.6 Å². The van der Waals surface area contributed by atoms with Gasteiger partial charge in [-0.2, -0.15) is 0 Å². The second-order valence-electron chi connectivity index (χ2n) is 4.00. The smallest absolute Gasteiger partial charge is 0.230 e. The summed E-state index contributed by atoms with van der Waals surface area (Å²) in [4.78, 5) is 11.5. The molecule has 1 atom stereocenters. The number of hydrogen-bond donors (Lipinski definition) is 1. The first-order valence-electron chi connectivity index (χ1n) is 5.73. The number of amides is 1. The summed E-state index contributed by atoms with van der Waals surface area (Å²) in [5.41, 5.74) is 1.19. The van der Waals surface area contributed by atoms with Gasteiger partial charge in [-0.05, 0) is 31.0 Å². The highest BCUT2D eigenvalue weighted by atomic mass is 35.5. The lowest BCUT2D eigenvalue weighted by Gasteiger charge is -2.10. The van der Waals surface area contributed by atoms with Crippen molar-refractivity contribution in [3.8, 4) is 0 Å². The predicted molar refractivity (Wildman–Crippen MR) is 75.5 cm³/mol. The summed E-state index contributed by atoms with van der Waals surface area (Å²) in [5, 5.41) is 3.69. The largest absolute Gasteiger partial charge is 0.353 e. The molecule has 1 rings (SSSR count). The summed E-state index contributed by atoms with van der Waals surface area (Å²) < 4.78 is 0. The van der Waals surface area contributed by atoms with E-state index in [9.17, 15) is 4.79 Å². The Bertz CT molecular complexity index is 353. The molecule has 1 N–H and O–H groups in total. The molecule has 1 aromatic carbocycles. The number of halogens is 1. The number of hydrogen-bond acceptors (Lipinski definition) is 2. The van der Waals surface area contributed by atoms with Crippen molar-refractivity contribution >= 4 is 29.3 Å². The summed E-state index contributed by atoms with van der Waals surface area (Å²) in [6.45, 7) is 4.08. The lowest BCUT2D eigenvalue weighted by Crippen LogP contribution is -2.33. The van der Waals surface area contributed by atoms with Gasteiger partial charge in [-0.1, -0.05) is 30.7 Å². The molecule has 2 nitrogen and oxygen atoms in total. The second kappa shape index (κ2) is 7.62. The van der Waals surface area contributed by atoms with E-state index in [-0.39, 0.29) is 11.9 Å². The molecular weight excluding hydrogens is 254 g/mol. The maximum Gasteiger partial charge on any atom is 0.230 e. The third-order valence-corrected chi connectivity index (χ3v) is 3.69. The highest BCUT2D eigenvalue weighted by Gasteiger charge is 2.05. The fourth-order valence-corrected chi connectivity index (χ4v) is 2.19. The van der Waals surface area contributed by atoms with Gasteiger partial charge in [-0.15, -0.1) is 11.8 Å². The van der Waals surface area contributed by atoms with E-state index in [1.54, 1.807) is 11.8 Å². The molecule has 0 unspecified atom stereocenters. The lowest BCUT2D eigenvalue weighted by atomic mass is 10.2. The van der Waals surface area contributed by atoms with Gasteiger partial charge in [0.15, 0.2) is 0 Å². The molecule has 0 aromatic heterocycles. The van der Waals surface area contributed by atoms with Crippen molar-refractivity contribution < 1.29 is 4.79 Å². The van der Waals surface area contributed by atoms with Crippen molar-refractivity contribution in [3.63, 3.8) is 0 Å². The molecule has 17 heavy (non-hydrogen) atoms. The van der Waals surface area contributed by atoms with Gasteiger partial charge in [0.05, 0.1) is 5.75 Å². The highest BCUT2D eigenvalue weighted by Crippen LogP contribution is 2.15. The molecule has 0 aliphatic rings. The van der Waals surface area contributed by atoms with Gasteiger partial charge < -0.3 is 5.32 Å². The maximum absolute atomic E-state index is 11.5. The first-order chi connectivity index (χ1) is 8.11. The van der Waals surface area contributed by atoms with E-state index in [1.807, 2.05) is 31.2 Å². The third-order valence-electron chi connectivity index (χ3n) is 2.43. The first kappa shape index (κ1) is 14.4. The predicted octanol–water partition coefficient (Wildman–Crippen LogP) is 3.49. The first-order valence-corrected chi connectivity index (χ1v) is 7.26. The number of rotatable bonds is 6. The SMILES string of the molecule is CC[C@H](C)NC(=O)CSCc1ccc(Cl)cc1. The van der Waals surface area contributed by atoms with Crippen LogP contribution in [0, 0.1) is 0 Å². The van der Waals surface area contributed by atoms with Crippen molar-refractivity contribution in [1.82, 2.24) is 5.32 Å². The van der Waals surface area contributed by atoms with E-state index in [0.717, 1.165) is 17.2 Å². The molecule has 0 fully saturated rings. The van der Waals surface area contributed by atoms with Crippen molar-refractivity contribution in [2.24, 2.45) is 0 Å². The van der Waals surface area contributed by atoms with Crippen molar-refractivity contribution in [2.75, 3.05) is 5.75 Å². The van der Waals surface area contributed by atoms with Gasteiger partial charge in [0.25, 0.3) is 0 Å². The Morgan fingerprint density at radius 1 is 1.41 bits per heavy atom. The second-order valence-corrected chi connectivity index (χ2v) is 5.42. The van der Waals surface area contributed by atoms with E-state index in [2.05, 4.69) is 12.2 Å². The van der Waals surface area contributed by atoms with Gasteiger partial charge in [-0.3, -0.25) is 4.79 Å². The van der Waals surface area contributed by atoms with Crippen LogP contribution >= 0.6 is 23.4 Å². The molecular formula is C13H18ClNOS. The molecule has 0 saturated heterocycles. The van der Waals surface area contributed by atoms with Crippen LogP contribution in [0.25, 0.3) is 0 Å². The van der Waals surface area contributed by atoms with E-state index < -0.39 is 0 Å². The maximum atomic E-state index is 11.5. The minimum absolute atomic E-state index is 0.110. The molecule has 0 radical (unpaired) electrons. The minimum Gasteiger partial charge on any atom is -0.353 e. The summed E-state index contributed by atoms with van der Waals surface area (Å²) >= 11 is 7.42. The quantitative estimate of drug-likeness (QED) is 0.858. The van der Waals surface area contributed by atoms with Gasteiger partial charge >= 0.3 is 0 Å². The zero-order chi connectivity index (χ0) is 12.7. The monoisotopic (exact) mass is 271 g/mol. The lowest BCUT2D eigenvalue weighted by molar-refractivity contribution is -0.119. The highest BCUT2D eigenvalue weighted by molar-refractivity contribution is 7.99. The molecule has 0 bridgehead atoms. The van der Waals surface area contributed by atoms with E-state index >= 15 is 0 Å². The Morgan fingerprint density at radius 3 is 2.65 bits per heavy atom. The Kier molecular flexibility index (Phi) is 6.45. The molecule has 0 heterocycles. The van der Waals surface area contributed by atoms with Crippen LogP contribution in [-0.2, 0) is 10.5 Å². The Morgan fingerprint density at radius 2 is 2.06 bits per heavy atom. The fraction of sp³-hybridized carbons (Fsp3) is 0.462. The topological polar surface area (TPSA) is 29.1 Å². The van der Waals surface area contributed by atoms with Crippen LogP contribution in [0.1, 0.15) is 25.8 Å². The molecule has 0 spiro atoms. The molecule has 0 aliphatic carbocycles. The number of carbonyl (C=O) groups is 1. The summed E-state index contributed by atoms with van der Waals surface area (Å²) in [7, 11) is 0. The molecule has 1 aromatic rings. The van der Waals surface area contributed by atoms with Gasteiger partial charge in [-0.25, -0.2) is 0 Å². The average molecular weight is 272 g/mol. The number of carbonyl (C=O) groups excluding carboxylic acids is 1. The molecule has 4 heteroatoms. The number of nitrogens with one attached hydrogen (secondary N) is 1. The average Bonchev–Trinajstić information content (AvgIpc) is 2.31. The van der Waals surface area contributed by atoms with E-state index in [0.29, 0.717) is 5.75 Å². The third kappa shape index (κ3) is 5.99. The molecule has 1 amide bonds. The normalized spacial score (nSPS) is 12.2. The van der Waals surface area contributed by atoms with Crippen LogP contribution in [0.15, 0.2) is 24.3 Å².